The van der Waals surface area contributed by atoms with Crippen LogP contribution in [0.3, 0.4) is 0 Å². The molecule has 5 heteroatoms. The average Bonchev–Trinajstić information content (AvgIpc) is 2.39. The summed E-state index contributed by atoms with van der Waals surface area (Å²) in [5, 5.41) is 0. The number of rotatable bonds is 2. The standard InChI is InChI=1S/C12H14ClFN2O/c13-9-12(17)16-7-5-15(6-8-16)11-4-2-1-3-10(11)14/h1-4H,5-9H2. The second kappa shape index (κ2) is 5.36. The highest BCUT2D eigenvalue weighted by molar-refractivity contribution is 6.27. The topological polar surface area (TPSA) is 23.6 Å². The number of halogens is 2. The predicted molar refractivity (Wildman–Crippen MR) is 65.9 cm³/mol. The lowest BCUT2D eigenvalue weighted by atomic mass is 10.2. The second-order valence-corrected chi connectivity index (χ2v) is 4.22. The first-order chi connectivity index (χ1) is 8.22. The van der Waals surface area contributed by atoms with Gasteiger partial charge < -0.3 is 9.80 Å². The fourth-order valence-corrected chi connectivity index (χ4v) is 2.16. The molecule has 0 unspecified atom stereocenters. The van der Waals surface area contributed by atoms with Gasteiger partial charge in [-0.3, -0.25) is 4.79 Å². The van der Waals surface area contributed by atoms with Crippen molar-refractivity contribution < 1.29 is 9.18 Å². The maximum atomic E-state index is 13.6. The van der Waals surface area contributed by atoms with Crippen LogP contribution in [0.15, 0.2) is 24.3 Å². The molecule has 1 fully saturated rings. The van der Waals surface area contributed by atoms with E-state index in [-0.39, 0.29) is 17.6 Å². The number of hydrogen-bond donors (Lipinski definition) is 0. The van der Waals surface area contributed by atoms with Crippen molar-refractivity contribution in [3.63, 3.8) is 0 Å². The van der Waals surface area contributed by atoms with Gasteiger partial charge in [0.25, 0.3) is 0 Å². The number of carbonyl (C=O) groups excluding carboxylic acids is 1. The molecule has 1 saturated heterocycles. The van der Waals surface area contributed by atoms with Crippen molar-refractivity contribution in [2.24, 2.45) is 0 Å². The van der Waals surface area contributed by atoms with Crippen LogP contribution in [-0.2, 0) is 4.79 Å². The van der Waals surface area contributed by atoms with E-state index >= 15 is 0 Å². The fraction of sp³-hybridized carbons (Fsp3) is 0.417. The van der Waals surface area contributed by atoms with E-state index in [2.05, 4.69) is 0 Å². The van der Waals surface area contributed by atoms with Gasteiger partial charge in [-0.25, -0.2) is 4.39 Å². The Morgan fingerprint density at radius 2 is 1.88 bits per heavy atom. The molecule has 92 valence electrons. The Kier molecular flexibility index (Phi) is 3.84. The SMILES string of the molecule is O=C(CCl)N1CCN(c2ccccc2F)CC1. The molecule has 1 aromatic carbocycles. The molecule has 0 bridgehead atoms. The molecule has 0 aromatic heterocycles. The molecule has 0 N–H and O–H groups in total. The zero-order valence-corrected chi connectivity index (χ0v) is 10.2. The third kappa shape index (κ3) is 2.69. The van der Waals surface area contributed by atoms with Crippen molar-refractivity contribution in [2.45, 2.75) is 0 Å². The Labute approximate surface area is 105 Å². The highest BCUT2D eigenvalue weighted by Gasteiger charge is 2.21. The minimum absolute atomic E-state index is 0.0136. The largest absolute Gasteiger partial charge is 0.366 e. The van der Waals surface area contributed by atoms with Crippen molar-refractivity contribution >= 4 is 23.2 Å². The maximum absolute atomic E-state index is 13.6. The molecule has 2 rings (SSSR count). The van der Waals surface area contributed by atoms with E-state index in [0.29, 0.717) is 31.9 Å². The summed E-state index contributed by atoms with van der Waals surface area (Å²) in [5.41, 5.74) is 0.602. The van der Waals surface area contributed by atoms with Crippen LogP contribution in [0.4, 0.5) is 10.1 Å². The molecule has 0 aliphatic carbocycles. The van der Waals surface area contributed by atoms with Gasteiger partial charge in [0.2, 0.25) is 5.91 Å². The monoisotopic (exact) mass is 256 g/mol. The minimum atomic E-state index is -0.218. The predicted octanol–water partition coefficient (Wildman–Crippen LogP) is 1.71. The number of para-hydroxylation sites is 1. The van der Waals surface area contributed by atoms with Gasteiger partial charge in [0.05, 0.1) is 5.69 Å². The number of piperazine rings is 1. The van der Waals surface area contributed by atoms with Crippen LogP contribution in [0.1, 0.15) is 0 Å². The number of benzene rings is 1. The number of carbonyl (C=O) groups is 1. The summed E-state index contributed by atoms with van der Waals surface area (Å²) in [6.45, 7) is 2.48. The summed E-state index contributed by atoms with van der Waals surface area (Å²) in [6, 6.07) is 6.70. The zero-order chi connectivity index (χ0) is 12.3. The van der Waals surface area contributed by atoms with E-state index in [9.17, 15) is 9.18 Å². The third-order valence-corrected chi connectivity index (χ3v) is 3.17. The molecular weight excluding hydrogens is 243 g/mol. The van der Waals surface area contributed by atoms with Crippen LogP contribution in [0, 0.1) is 5.82 Å². The fourth-order valence-electron chi connectivity index (χ4n) is 1.99. The number of nitrogens with zero attached hydrogens (tertiary/aromatic N) is 2. The molecule has 3 nitrogen and oxygen atoms in total. The van der Waals surface area contributed by atoms with Gasteiger partial charge in [-0.1, -0.05) is 12.1 Å². The quantitative estimate of drug-likeness (QED) is 0.753. The Balaban J connectivity index is 2.00. The number of anilines is 1. The van der Waals surface area contributed by atoms with Crippen molar-refractivity contribution in [2.75, 3.05) is 37.0 Å². The summed E-state index contributed by atoms with van der Waals surface area (Å²) in [4.78, 5) is 15.0. The third-order valence-electron chi connectivity index (χ3n) is 2.94. The Morgan fingerprint density at radius 1 is 1.24 bits per heavy atom. The van der Waals surface area contributed by atoms with Crippen LogP contribution >= 0.6 is 11.6 Å². The molecule has 0 atom stereocenters. The molecule has 1 heterocycles. The van der Waals surface area contributed by atoms with Crippen LogP contribution in [0.2, 0.25) is 0 Å². The van der Waals surface area contributed by atoms with Crippen LogP contribution in [0.25, 0.3) is 0 Å². The van der Waals surface area contributed by atoms with Gasteiger partial charge in [0.15, 0.2) is 0 Å². The summed E-state index contributed by atoms with van der Waals surface area (Å²) >= 11 is 5.50. The minimum Gasteiger partial charge on any atom is -0.366 e. The molecule has 1 amide bonds. The number of alkyl halides is 1. The first-order valence-electron chi connectivity index (χ1n) is 5.55. The van der Waals surface area contributed by atoms with Gasteiger partial charge in [-0.15, -0.1) is 11.6 Å². The molecule has 1 aliphatic rings. The first kappa shape index (κ1) is 12.2. The van der Waals surface area contributed by atoms with E-state index in [1.54, 1.807) is 17.0 Å². The first-order valence-corrected chi connectivity index (χ1v) is 6.09. The lowest BCUT2D eigenvalue weighted by Crippen LogP contribution is -2.49. The van der Waals surface area contributed by atoms with Crippen molar-refractivity contribution in [1.82, 2.24) is 4.90 Å². The van der Waals surface area contributed by atoms with E-state index in [0.717, 1.165) is 0 Å². The second-order valence-electron chi connectivity index (χ2n) is 3.95. The molecule has 0 spiro atoms. The van der Waals surface area contributed by atoms with E-state index < -0.39 is 0 Å². The van der Waals surface area contributed by atoms with Crippen molar-refractivity contribution in [3.8, 4) is 0 Å². The summed E-state index contributed by atoms with van der Waals surface area (Å²) < 4.78 is 13.6. The summed E-state index contributed by atoms with van der Waals surface area (Å²) in [5.74, 6) is -0.260. The van der Waals surface area contributed by atoms with E-state index in [1.807, 2.05) is 11.0 Å². The van der Waals surface area contributed by atoms with Crippen LogP contribution in [0.5, 0.6) is 0 Å². The van der Waals surface area contributed by atoms with Crippen molar-refractivity contribution in [1.29, 1.82) is 0 Å². The van der Waals surface area contributed by atoms with Gasteiger partial charge in [0.1, 0.15) is 11.7 Å². The Hall–Kier alpha value is -1.29. The maximum Gasteiger partial charge on any atom is 0.237 e. The lowest BCUT2D eigenvalue weighted by Gasteiger charge is -2.35. The highest BCUT2D eigenvalue weighted by atomic mass is 35.5. The molecule has 0 saturated carbocycles. The van der Waals surface area contributed by atoms with Gasteiger partial charge in [0, 0.05) is 26.2 Å². The van der Waals surface area contributed by atoms with Crippen molar-refractivity contribution in [3.05, 3.63) is 30.1 Å². The zero-order valence-electron chi connectivity index (χ0n) is 9.40. The van der Waals surface area contributed by atoms with Gasteiger partial charge >= 0.3 is 0 Å². The van der Waals surface area contributed by atoms with Gasteiger partial charge in [-0.05, 0) is 12.1 Å². The summed E-state index contributed by atoms with van der Waals surface area (Å²) in [7, 11) is 0. The lowest BCUT2D eigenvalue weighted by molar-refractivity contribution is -0.128. The Bertz CT molecular complexity index is 405. The molecule has 1 aromatic rings. The van der Waals surface area contributed by atoms with Crippen LogP contribution in [-0.4, -0.2) is 42.9 Å². The normalized spacial score (nSPS) is 16.1. The van der Waals surface area contributed by atoms with E-state index in [1.165, 1.54) is 6.07 Å². The smallest absolute Gasteiger partial charge is 0.237 e. The number of hydrogen-bond acceptors (Lipinski definition) is 2. The molecule has 17 heavy (non-hydrogen) atoms. The summed E-state index contributed by atoms with van der Waals surface area (Å²) in [6.07, 6.45) is 0. The Morgan fingerprint density at radius 3 is 2.47 bits per heavy atom. The van der Waals surface area contributed by atoms with Crippen LogP contribution < -0.4 is 4.90 Å². The molecule has 0 radical (unpaired) electrons. The van der Waals surface area contributed by atoms with Gasteiger partial charge in [-0.2, -0.15) is 0 Å². The molecular formula is C12H14ClFN2O. The average molecular weight is 257 g/mol. The number of amides is 1. The van der Waals surface area contributed by atoms with E-state index in [4.69, 9.17) is 11.6 Å². The molecule has 1 aliphatic heterocycles. The highest BCUT2D eigenvalue weighted by Crippen LogP contribution is 2.20.